The Bertz CT molecular complexity index is 2080. The van der Waals surface area contributed by atoms with Gasteiger partial charge in [0.05, 0.1) is 54.2 Å². The van der Waals surface area contributed by atoms with E-state index >= 15 is 0 Å². The van der Waals surface area contributed by atoms with Crippen LogP contribution < -0.4 is 14.3 Å². The molecule has 0 saturated carbocycles. The molecule has 2 heterocycles. The third-order valence-corrected chi connectivity index (χ3v) is 15.1. The lowest BCUT2D eigenvalue weighted by Gasteiger charge is -2.34. The number of ketones is 1. The molecule has 58 heavy (non-hydrogen) atoms. The number of nitrogens with zero attached hydrogens (tertiary/aromatic N) is 4. The molecular weight excluding hydrogens is 789 g/mol. The summed E-state index contributed by atoms with van der Waals surface area (Å²) in [4.78, 5) is 27.5. The number of likely N-dealkylation sites (tertiary alicyclic amines) is 2. The average Bonchev–Trinajstić information content (AvgIpc) is 3.23. The molecule has 0 bridgehead atoms. The number of rotatable bonds is 13. The Morgan fingerprint density at radius 1 is 0.655 bits per heavy atom. The van der Waals surface area contributed by atoms with Gasteiger partial charge < -0.3 is 20.3 Å². The van der Waals surface area contributed by atoms with E-state index in [0.29, 0.717) is 63.2 Å². The van der Waals surface area contributed by atoms with Gasteiger partial charge in [0, 0.05) is 16.7 Å². The number of sulfonamides is 2. The summed E-state index contributed by atoms with van der Waals surface area (Å²) in [7, 11) is -2.23. The number of hydrogen-bond donors (Lipinski definition) is 1. The van der Waals surface area contributed by atoms with Crippen molar-refractivity contribution in [2.24, 2.45) is 5.73 Å². The second-order valence-electron chi connectivity index (χ2n) is 14.5. The van der Waals surface area contributed by atoms with Crippen LogP contribution in [0.15, 0.2) is 97.1 Å². The lowest BCUT2D eigenvalue weighted by molar-refractivity contribution is 0.0600. The summed E-state index contributed by atoms with van der Waals surface area (Å²) in [5.74, 6) is -2.28. The standard InChI is InChI=1S/C21H26FN3O3S.C21H25FN2O4S/c1-24-11-9-19(10-12-24)29(27,28)25(18-5-3-2-4-6-18)15-17-8-7-16(13-20(17)22)21(26)14-23;1-23-12-10-19(11-13-23)29(26,27)24(18-6-4-3-5-7-18)15-17-9-8-16(14-20(17)22)21(25)28-2/h2-8,13,19H,9-12,14-15,23H2,1H3;3-9,14,19H,10-13,15H2,1-2H3. The van der Waals surface area contributed by atoms with Crippen LogP contribution in [0.25, 0.3) is 0 Å². The molecule has 0 amide bonds. The average molecular weight is 840 g/mol. The van der Waals surface area contributed by atoms with Gasteiger partial charge in [-0.25, -0.2) is 30.4 Å². The van der Waals surface area contributed by atoms with E-state index in [0.717, 1.165) is 12.1 Å². The molecule has 0 radical (unpaired) electrons. The zero-order valence-corrected chi connectivity index (χ0v) is 34.6. The minimum absolute atomic E-state index is 0.0817. The first kappa shape index (κ1) is 44.4. The van der Waals surface area contributed by atoms with Crippen molar-refractivity contribution in [3.8, 4) is 0 Å². The summed E-state index contributed by atoms with van der Waals surface area (Å²) in [5, 5.41) is -1.03. The van der Waals surface area contributed by atoms with Crippen molar-refractivity contribution in [2.75, 3.05) is 62.5 Å². The van der Waals surface area contributed by atoms with E-state index in [1.165, 1.54) is 40.0 Å². The van der Waals surface area contributed by atoms with Gasteiger partial charge in [-0.15, -0.1) is 0 Å². The number of methoxy groups -OCH3 is 1. The summed E-state index contributed by atoms with van der Waals surface area (Å²) < 4.78 is 90.3. The van der Waals surface area contributed by atoms with Gasteiger partial charge in [0.2, 0.25) is 20.0 Å². The molecule has 0 atom stereocenters. The number of halogens is 2. The predicted molar refractivity (Wildman–Crippen MR) is 222 cm³/mol. The highest BCUT2D eigenvalue weighted by molar-refractivity contribution is 7.93. The van der Waals surface area contributed by atoms with Crippen LogP contribution in [-0.4, -0.2) is 103 Å². The van der Waals surface area contributed by atoms with E-state index in [1.54, 1.807) is 60.7 Å². The van der Waals surface area contributed by atoms with Crippen molar-refractivity contribution < 1.29 is 39.9 Å². The number of nitrogens with two attached hydrogens (primary N) is 1. The molecule has 0 aromatic heterocycles. The van der Waals surface area contributed by atoms with E-state index in [4.69, 9.17) is 5.73 Å². The second-order valence-corrected chi connectivity index (χ2v) is 18.8. The highest BCUT2D eigenvalue weighted by Gasteiger charge is 2.36. The van der Waals surface area contributed by atoms with Gasteiger partial charge in [0.25, 0.3) is 0 Å². The smallest absolute Gasteiger partial charge is 0.337 e. The number of para-hydroxylation sites is 2. The molecule has 6 rings (SSSR count). The van der Waals surface area contributed by atoms with Crippen LogP contribution in [-0.2, 0) is 37.9 Å². The van der Waals surface area contributed by atoms with Crippen molar-refractivity contribution in [1.82, 2.24) is 9.80 Å². The molecule has 4 aromatic carbocycles. The number of piperidine rings is 2. The summed E-state index contributed by atoms with van der Waals surface area (Å²) in [5.41, 5.74) is 6.98. The Hall–Kier alpha value is -4.74. The van der Waals surface area contributed by atoms with Gasteiger partial charge in [-0.3, -0.25) is 13.4 Å². The maximum atomic E-state index is 14.7. The molecule has 2 aliphatic heterocycles. The number of esters is 1. The second kappa shape index (κ2) is 19.8. The Morgan fingerprint density at radius 3 is 1.40 bits per heavy atom. The van der Waals surface area contributed by atoms with Gasteiger partial charge in [-0.1, -0.05) is 54.6 Å². The normalized spacial score (nSPS) is 15.9. The lowest BCUT2D eigenvalue weighted by Crippen LogP contribution is -2.44. The van der Waals surface area contributed by atoms with Gasteiger partial charge in [0.15, 0.2) is 5.78 Å². The van der Waals surface area contributed by atoms with Gasteiger partial charge in [-0.05, 0) is 108 Å². The van der Waals surface area contributed by atoms with Crippen LogP contribution in [0.5, 0.6) is 0 Å². The van der Waals surface area contributed by atoms with Crippen LogP contribution in [0.1, 0.15) is 57.5 Å². The summed E-state index contributed by atoms with van der Waals surface area (Å²) in [6.45, 7) is 2.32. The topological polar surface area (TPSA) is 151 Å². The molecule has 2 N–H and O–H groups in total. The minimum atomic E-state index is -3.70. The summed E-state index contributed by atoms with van der Waals surface area (Å²) in [6, 6.07) is 25.4. The molecule has 0 spiro atoms. The summed E-state index contributed by atoms with van der Waals surface area (Å²) in [6.07, 6.45) is 2.14. The van der Waals surface area contributed by atoms with E-state index in [2.05, 4.69) is 14.5 Å². The van der Waals surface area contributed by atoms with E-state index in [9.17, 15) is 35.2 Å². The molecule has 0 unspecified atom stereocenters. The third kappa shape index (κ3) is 10.8. The van der Waals surface area contributed by atoms with Gasteiger partial charge >= 0.3 is 5.97 Å². The lowest BCUT2D eigenvalue weighted by atomic mass is 10.1. The number of carbonyl (C=O) groups excluding carboxylic acids is 2. The number of hydrogen-bond acceptors (Lipinski definition) is 10. The zero-order chi connectivity index (χ0) is 42.0. The molecule has 16 heteroatoms. The first-order valence-corrected chi connectivity index (χ1v) is 22.0. The fourth-order valence-electron chi connectivity index (χ4n) is 6.97. The highest BCUT2D eigenvalue weighted by atomic mass is 32.2. The maximum Gasteiger partial charge on any atom is 0.337 e. The number of benzene rings is 4. The number of Topliss-reactive ketones (excluding diaryl/α,β-unsaturated/α-hetero) is 1. The molecule has 0 aliphatic carbocycles. The Morgan fingerprint density at radius 2 is 1.03 bits per heavy atom. The number of anilines is 2. The van der Waals surface area contributed by atoms with Crippen molar-refractivity contribution in [3.63, 3.8) is 0 Å². The molecule has 2 fully saturated rings. The molecule has 312 valence electrons. The van der Waals surface area contributed by atoms with Crippen LogP contribution >= 0.6 is 0 Å². The predicted octanol–water partition coefficient (Wildman–Crippen LogP) is 5.44. The first-order valence-electron chi connectivity index (χ1n) is 19.0. The molecule has 12 nitrogen and oxygen atoms in total. The first-order chi connectivity index (χ1) is 27.6. The van der Waals surface area contributed by atoms with Crippen LogP contribution in [0, 0.1) is 11.6 Å². The monoisotopic (exact) mass is 839 g/mol. The van der Waals surface area contributed by atoms with E-state index in [-0.39, 0.29) is 47.7 Å². The quantitative estimate of drug-likeness (QED) is 0.136. The van der Waals surface area contributed by atoms with Crippen molar-refractivity contribution >= 4 is 43.2 Å². The van der Waals surface area contributed by atoms with Crippen LogP contribution in [0.4, 0.5) is 20.2 Å². The zero-order valence-electron chi connectivity index (χ0n) is 33.0. The van der Waals surface area contributed by atoms with Gasteiger partial charge in [-0.2, -0.15) is 0 Å². The van der Waals surface area contributed by atoms with Crippen LogP contribution in [0.2, 0.25) is 0 Å². The molecule has 4 aromatic rings. The Balaban J connectivity index is 0.000000221. The fraction of sp³-hybridized carbons (Fsp3) is 0.381. The van der Waals surface area contributed by atoms with Crippen molar-refractivity contribution in [2.45, 2.75) is 49.3 Å². The largest absolute Gasteiger partial charge is 0.465 e. The highest BCUT2D eigenvalue weighted by Crippen LogP contribution is 2.30. The Labute approximate surface area is 340 Å². The van der Waals surface area contributed by atoms with Crippen molar-refractivity contribution in [1.29, 1.82) is 0 Å². The molecule has 2 saturated heterocycles. The van der Waals surface area contributed by atoms with Gasteiger partial charge in [0.1, 0.15) is 11.6 Å². The minimum Gasteiger partial charge on any atom is -0.465 e. The van der Waals surface area contributed by atoms with Crippen LogP contribution in [0.3, 0.4) is 0 Å². The summed E-state index contributed by atoms with van der Waals surface area (Å²) >= 11 is 0. The van der Waals surface area contributed by atoms with Crippen molar-refractivity contribution in [3.05, 3.63) is 131 Å². The number of carbonyl (C=O) groups is 2. The third-order valence-electron chi connectivity index (χ3n) is 10.5. The Kier molecular flexibility index (Phi) is 15.2. The maximum absolute atomic E-state index is 14.7. The number of ether oxygens (including phenoxy) is 1. The SMILES string of the molecule is CN1CCC(S(=O)(=O)N(Cc2ccc(C(=O)CN)cc2F)c2ccccc2)CC1.COC(=O)c1ccc(CN(c2ccccc2)S(=O)(=O)C2CCN(C)CC2)c(F)c1. The fourth-order valence-corrected chi connectivity index (χ4v) is 10.8. The van der Waals surface area contributed by atoms with E-state index < -0.39 is 48.2 Å². The molecule has 2 aliphatic rings. The molecular formula is C42H51F2N5O7S2. The van der Waals surface area contributed by atoms with E-state index in [1.807, 2.05) is 14.1 Å².